The van der Waals surface area contributed by atoms with E-state index in [0.29, 0.717) is 19.6 Å². The third-order valence-corrected chi connectivity index (χ3v) is 5.45. The quantitative estimate of drug-likeness (QED) is 0.869. The van der Waals surface area contributed by atoms with Crippen molar-refractivity contribution in [3.05, 3.63) is 40.8 Å². The summed E-state index contributed by atoms with van der Waals surface area (Å²) in [6, 6.07) is 3.56. The molecule has 2 aromatic heterocycles. The van der Waals surface area contributed by atoms with E-state index < -0.39 is 17.4 Å². The Bertz CT molecular complexity index is 922. The van der Waals surface area contributed by atoms with Gasteiger partial charge in [-0.3, -0.25) is 19.5 Å². The lowest BCUT2D eigenvalue weighted by atomic mass is 9.79. The normalized spacial score (nSPS) is 25.0. The van der Waals surface area contributed by atoms with E-state index in [4.69, 9.17) is 10.5 Å². The molecule has 0 saturated carbocycles. The van der Waals surface area contributed by atoms with Gasteiger partial charge in [0.2, 0.25) is 5.91 Å². The first-order valence-electron chi connectivity index (χ1n) is 8.56. The van der Waals surface area contributed by atoms with E-state index in [1.54, 1.807) is 24.2 Å². The Morgan fingerprint density at radius 2 is 2.19 bits per heavy atom. The summed E-state index contributed by atoms with van der Waals surface area (Å²) in [5, 5.41) is 4.47. The molecule has 0 aromatic carbocycles. The molecule has 0 fully saturated rings. The molecule has 0 aliphatic carbocycles. The monoisotopic (exact) mass is 355 g/mol. The predicted octanol–water partition coefficient (Wildman–Crippen LogP) is 1.11. The zero-order chi connectivity index (χ0) is 18.6. The highest BCUT2D eigenvalue weighted by atomic mass is 16.5. The van der Waals surface area contributed by atoms with Crippen LogP contribution in [0.2, 0.25) is 0 Å². The summed E-state index contributed by atoms with van der Waals surface area (Å²) < 4.78 is 7.94. The first-order chi connectivity index (χ1) is 12.3. The van der Waals surface area contributed by atoms with E-state index in [1.165, 1.54) is 0 Å². The minimum Gasteiger partial charge on any atom is -0.365 e. The molecule has 8 nitrogen and oxygen atoms in total. The Balaban J connectivity index is 1.75. The van der Waals surface area contributed by atoms with Gasteiger partial charge in [-0.2, -0.15) is 5.10 Å². The fraction of sp³-hybridized carbons (Fsp3) is 0.444. The Morgan fingerprint density at radius 1 is 1.42 bits per heavy atom. The van der Waals surface area contributed by atoms with E-state index in [1.807, 2.05) is 24.6 Å². The summed E-state index contributed by atoms with van der Waals surface area (Å²) in [5.41, 5.74) is 7.28. The number of hydrogen-bond acceptors (Lipinski definition) is 5. The van der Waals surface area contributed by atoms with E-state index in [0.717, 1.165) is 22.6 Å². The van der Waals surface area contributed by atoms with Gasteiger partial charge in [0.1, 0.15) is 17.1 Å². The van der Waals surface area contributed by atoms with Crippen LogP contribution >= 0.6 is 0 Å². The van der Waals surface area contributed by atoms with Crippen LogP contribution in [0.5, 0.6) is 0 Å². The van der Waals surface area contributed by atoms with Crippen molar-refractivity contribution in [2.24, 2.45) is 11.7 Å². The summed E-state index contributed by atoms with van der Waals surface area (Å²) >= 11 is 0. The smallest absolute Gasteiger partial charge is 0.267 e. The number of amides is 2. The van der Waals surface area contributed by atoms with Crippen molar-refractivity contribution >= 4 is 17.6 Å². The molecule has 0 radical (unpaired) electrons. The number of hydrogen-bond donors (Lipinski definition) is 1. The van der Waals surface area contributed by atoms with Gasteiger partial charge in [-0.25, -0.2) is 4.68 Å². The number of nitrogens with zero attached hydrogens (tertiary/aromatic N) is 4. The van der Waals surface area contributed by atoms with Crippen LogP contribution in [-0.2, 0) is 28.3 Å². The number of ether oxygens (including phenoxy) is 1. The molecule has 2 aliphatic heterocycles. The third-order valence-electron chi connectivity index (χ3n) is 5.45. The van der Waals surface area contributed by atoms with Gasteiger partial charge in [-0.05, 0) is 31.9 Å². The number of fused-ring (bicyclic) bond motifs is 2. The van der Waals surface area contributed by atoms with Gasteiger partial charge < -0.3 is 10.5 Å². The van der Waals surface area contributed by atoms with Gasteiger partial charge in [-0.15, -0.1) is 0 Å². The minimum atomic E-state index is -0.840. The highest BCUT2D eigenvalue weighted by Gasteiger charge is 2.48. The molecule has 2 aromatic rings. The molecular weight excluding hydrogens is 334 g/mol. The lowest BCUT2D eigenvalue weighted by molar-refractivity contribution is -0.137. The van der Waals surface area contributed by atoms with E-state index in [-0.39, 0.29) is 11.6 Å². The van der Waals surface area contributed by atoms with Crippen molar-refractivity contribution in [3.63, 3.8) is 0 Å². The molecule has 4 heterocycles. The Hall–Kier alpha value is -2.74. The molecule has 2 aliphatic rings. The Morgan fingerprint density at radius 3 is 2.92 bits per heavy atom. The molecule has 2 N–H and O–H groups in total. The van der Waals surface area contributed by atoms with Gasteiger partial charge in [0.25, 0.3) is 5.91 Å². The van der Waals surface area contributed by atoms with Crippen LogP contribution in [0.15, 0.2) is 18.3 Å². The highest BCUT2D eigenvalue weighted by molar-refractivity contribution is 5.95. The van der Waals surface area contributed by atoms with Gasteiger partial charge in [-0.1, -0.05) is 0 Å². The molecule has 136 valence electrons. The van der Waals surface area contributed by atoms with Crippen molar-refractivity contribution in [2.75, 3.05) is 11.9 Å². The van der Waals surface area contributed by atoms with Crippen LogP contribution < -0.4 is 10.6 Å². The number of rotatable bonds is 2. The average molecular weight is 355 g/mol. The van der Waals surface area contributed by atoms with Crippen LogP contribution in [-0.4, -0.2) is 33.6 Å². The Labute approximate surface area is 150 Å². The van der Waals surface area contributed by atoms with Crippen LogP contribution in [0, 0.1) is 12.8 Å². The molecule has 26 heavy (non-hydrogen) atoms. The second-order valence-electron chi connectivity index (χ2n) is 7.09. The maximum atomic E-state index is 13.2. The number of aryl methyl sites for hydroxylation is 2. The molecular formula is C18H21N5O3. The Kier molecular flexibility index (Phi) is 3.62. The number of anilines is 1. The number of carbonyl (C=O) groups is 2. The molecule has 0 saturated heterocycles. The van der Waals surface area contributed by atoms with E-state index in [9.17, 15) is 9.59 Å². The number of nitrogens with two attached hydrogens (primary N) is 1. The van der Waals surface area contributed by atoms with Crippen molar-refractivity contribution in [1.29, 1.82) is 0 Å². The van der Waals surface area contributed by atoms with E-state index >= 15 is 0 Å². The number of pyridine rings is 1. The van der Waals surface area contributed by atoms with Crippen LogP contribution in [0.25, 0.3) is 0 Å². The first kappa shape index (κ1) is 16.7. The second kappa shape index (κ2) is 5.63. The lowest BCUT2D eigenvalue weighted by Crippen LogP contribution is -2.43. The summed E-state index contributed by atoms with van der Waals surface area (Å²) in [4.78, 5) is 30.5. The topological polar surface area (TPSA) is 103 Å². The molecule has 1 unspecified atom stereocenters. The fourth-order valence-electron chi connectivity index (χ4n) is 3.99. The maximum Gasteiger partial charge on any atom is 0.267 e. The molecule has 2 amide bonds. The van der Waals surface area contributed by atoms with Crippen LogP contribution in [0.3, 0.4) is 0 Å². The average Bonchev–Trinajstić information content (AvgIpc) is 3.11. The van der Waals surface area contributed by atoms with Crippen molar-refractivity contribution in [1.82, 2.24) is 14.8 Å². The van der Waals surface area contributed by atoms with Crippen molar-refractivity contribution < 1.29 is 14.3 Å². The third kappa shape index (κ3) is 2.33. The fourth-order valence-corrected chi connectivity index (χ4v) is 3.99. The highest BCUT2D eigenvalue weighted by Crippen LogP contribution is 2.45. The molecule has 2 atom stereocenters. The molecule has 4 rings (SSSR count). The van der Waals surface area contributed by atoms with Gasteiger partial charge in [0, 0.05) is 31.4 Å². The first-order valence-corrected chi connectivity index (χ1v) is 8.56. The molecule has 8 heteroatoms. The van der Waals surface area contributed by atoms with Crippen molar-refractivity contribution in [2.45, 2.75) is 39.0 Å². The second-order valence-corrected chi connectivity index (χ2v) is 7.09. The van der Waals surface area contributed by atoms with Crippen LogP contribution in [0.4, 0.5) is 5.82 Å². The number of primary amides is 1. The summed E-state index contributed by atoms with van der Waals surface area (Å²) in [5.74, 6) is -0.248. The number of aromatic nitrogens is 3. The van der Waals surface area contributed by atoms with Gasteiger partial charge in [0.05, 0.1) is 18.2 Å². The van der Waals surface area contributed by atoms with Crippen LogP contribution in [0.1, 0.15) is 40.7 Å². The maximum absolute atomic E-state index is 13.2. The zero-order valence-corrected chi connectivity index (χ0v) is 15.0. The largest absolute Gasteiger partial charge is 0.365 e. The van der Waals surface area contributed by atoms with Gasteiger partial charge >= 0.3 is 0 Å². The standard InChI is InChI=1S/C18H21N5O3/c1-10-6-15-22(3)17(25)12(4-5-23(15)21-10)18(2)13-7-14(16(19)24)20-8-11(13)9-26-18/h6-8,12H,4-5,9H2,1-3H3,(H2,19,24)/t12-,18?/m1/s1. The molecule has 0 bridgehead atoms. The predicted molar refractivity (Wildman–Crippen MR) is 93.4 cm³/mol. The SMILES string of the molecule is Cc1cc2n(n1)CC[C@@H](C1(C)OCc3cnc(C(N)=O)cc31)C(=O)N2C. The van der Waals surface area contributed by atoms with Gasteiger partial charge in [0.15, 0.2) is 0 Å². The summed E-state index contributed by atoms with van der Waals surface area (Å²) in [6.45, 7) is 4.79. The zero-order valence-electron chi connectivity index (χ0n) is 15.0. The number of carbonyl (C=O) groups excluding carboxylic acids is 2. The summed E-state index contributed by atoms with van der Waals surface area (Å²) in [6.07, 6.45) is 2.20. The van der Waals surface area contributed by atoms with E-state index in [2.05, 4.69) is 10.1 Å². The minimum absolute atomic E-state index is 0.0311. The summed E-state index contributed by atoms with van der Waals surface area (Å²) in [7, 11) is 1.76. The lowest BCUT2D eigenvalue weighted by Gasteiger charge is -2.34. The molecule has 0 spiro atoms. The van der Waals surface area contributed by atoms with Crippen molar-refractivity contribution in [3.8, 4) is 0 Å².